The number of hydrogen-bond donors (Lipinski definition) is 0. The van der Waals surface area contributed by atoms with Gasteiger partial charge >= 0.3 is 0 Å². The van der Waals surface area contributed by atoms with Gasteiger partial charge in [0.1, 0.15) is 12.4 Å². The lowest BCUT2D eigenvalue weighted by Gasteiger charge is -2.21. The van der Waals surface area contributed by atoms with E-state index in [2.05, 4.69) is 0 Å². The summed E-state index contributed by atoms with van der Waals surface area (Å²) in [6, 6.07) is 17.7. The quantitative estimate of drug-likeness (QED) is 0.831. The van der Waals surface area contributed by atoms with Crippen LogP contribution in [0.3, 0.4) is 0 Å². The fraction of sp³-hybridized carbons (Fsp3) is 0.294. The highest BCUT2D eigenvalue weighted by Crippen LogP contribution is 2.39. The van der Waals surface area contributed by atoms with Crippen LogP contribution in [0.1, 0.15) is 16.5 Å². The largest absolute Gasteiger partial charge is 0.489 e. The number of nitrogens with zero attached hydrogens (tertiary/aromatic N) is 1. The van der Waals surface area contributed by atoms with E-state index < -0.39 is 10.0 Å². The second kappa shape index (κ2) is 6.95. The van der Waals surface area contributed by atoms with Crippen LogP contribution in [0.2, 0.25) is 0 Å². The van der Waals surface area contributed by atoms with E-state index in [1.54, 1.807) is 16.1 Å². The summed E-state index contributed by atoms with van der Waals surface area (Å²) in [5.41, 5.74) is 2.11. The van der Waals surface area contributed by atoms with Gasteiger partial charge in [-0.25, -0.2) is 8.42 Å². The Kier molecular flexibility index (Phi) is 4.94. The van der Waals surface area contributed by atoms with Crippen molar-refractivity contribution in [2.75, 3.05) is 18.6 Å². The molecule has 0 saturated carbocycles. The van der Waals surface area contributed by atoms with E-state index in [0.717, 1.165) is 22.6 Å². The predicted octanol–water partition coefficient (Wildman–Crippen LogP) is 3.27. The number of ether oxygens (including phenoxy) is 1. The zero-order chi connectivity index (χ0) is 16.3. The van der Waals surface area contributed by atoms with Gasteiger partial charge in [-0.1, -0.05) is 42.5 Å². The lowest BCUT2D eigenvalue weighted by atomic mass is 10.2. The summed E-state index contributed by atoms with van der Waals surface area (Å²) in [6.45, 7) is 1.09. The third kappa shape index (κ3) is 4.07. The average molecular weight is 349 g/mol. The van der Waals surface area contributed by atoms with E-state index in [-0.39, 0.29) is 5.37 Å². The number of sulfonamides is 1. The molecule has 4 nitrogen and oxygen atoms in total. The Labute approximate surface area is 141 Å². The molecule has 1 unspecified atom stereocenters. The van der Waals surface area contributed by atoms with Crippen molar-refractivity contribution >= 4 is 21.8 Å². The van der Waals surface area contributed by atoms with Crippen LogP contribution in [0.4, 0.5) is 0 Å². The highest BCUT2D eigenvalue weighted by molar-refractivity contribution is 8.00. The van der Waals surface area contributed by atoms with Crippen molar-refractivity contribution in [3.63, 3.8) is 0 Å². The normalized spacial score (nSPS) is 18.9. The monoisotopic (exact) mass is 349 g/mol. The molecule has 0 bridgehead atoms. The maximum atomic E-state index is 11.8. The van der Waals surface area contributed by atoms with E-state index in [9.17, 15) is 8.42 Å². The molecule has 1 atom stereocenters. The van der Waals surface area contributed by atoms with Gasteiger partial charge in [0.15, 0.2) is 0 Å². The second-order valence-electron chi connectivity index (χ2n) is 5.44. The van der Waals surface area contributed by atoms with Crippen LogP contribution in [-0.4, -0.2) is 31.3 Å². The topological polar surface area (TPSA) is 46.6 Å². The minimum absolute atomic E-state index is 0.131. The van der Waals surface area contributed by atoms with E-state index in [0.29, 0.717) is 13.2 Å². The third-order valence-corrected chi connectivity index (χ3v) is 6.33. The molecule has 23 heavy (non-hydrogen) atoms. The van der Waals surface area contributed by atoms with Crippen LogP contribution < -0.4 is 4.74 Å². The molecule has 3 rings (SSSR count). The number of benzene rings is 2. The minimum Gasteiger partial charge on any atom is -0.489 e. The van der Waals surface area contributed by atoms with Crippen molar-refractivity contribution < 1.29 is 13.2 Å². The Hall–Kier alpha value is -1.50. The summed E-state index contributed by atoms with van der Waals surface area (Å²) in [5.74, 6) is 1.61. The smallest absolute Gasteiger partial charge is 0.212 e. The molecule has 6 heteroatoms. The summed E-state index contributed by atoms with van der Waals surface area (Å²) < 4.78 is 31.0. The van der Waals surface area contributed by atoms with Gasteiger partial charge in [-0.2, -0.15) is 4.31 Å². The van der Waals surface area contributed by atoms with Crippen LogP contribution in [0, 0.1) is 0 Å². The first kappa shape index (κ1) is 16.4. The molecule has 1 aliphatic rings. The molecule has 2 aromatic carbocycles. The summed E-state index contributed by atoms with van der Waals surface area (Å²) in [6.07, 6.45) is 1.27. The molecule has 122 valence electrons. The fourth-order valence-corrected chi connectivity index (χ4v) is 5.33. The lowest BCUT2D eigenvalue weighted by Crippen LogP contribution is -2.29. The van der Waals surface area contributed by atoms with Crippen LogP contribution in [0.15, 0.2) is 54.6 Å². The van der Waals surface area contributed by atoms with E-state index in [4.69, 9.17) is 4.74 Å². The Morgan fingerprint density at radius 2 is 1.83 bits per heavy atom. The van der Waals surface area contributed by atoms with Crippen LogP contribution in [0.25, 0.3) is 0 Å². The Bertz CT molecular complexity index is 745. The minimum atomic E-state index is -3.17. The zero-order valence-electron chi connectivity index (χ0n) is 12.9. The van der Waals surface area contributed by atoms with Crippen LogP contribution in [0.5, 0.6) is 5.75 Å². The molecule has 0 spiro atoms. The summed E-state index contributed by atoms with van der Waals surface area (Å²) in [5, 5.41) is -0.131. The van der Waals surface area contributed by atoms with Crippen LogP contribution in [-0.2, 0) is 16.6 Å². The molecule has 0 aromatic heterocycles. The number of hydrogen-bond acceptors (Lipinski definition) is 4. The van der Waals surface area contributed by atoms with Gasteiger partial charge in [0.05, 0.1) is 11.6 Å². The van der Waals surface area contributed by atoms with Crippen molar-refractivity contribution in [1.82, 2.24) is 4.31 Å². The second-order valence-corrected chi connectivity index (χ2v) is 8.56. The van der Waals surface area contributed by atoms with E-state index >= 15 is 0 Å². The number of thioether (sulfide) groups is 1. The van der Waals surface area contributed by atoms with Gasteiger partial charge < -0.3 is 4.74 Å². The Balaban J connectivity index is 1.67. The van der Waals surface area contributed by atoms with Gasteiger partial charge in [0, 0.05) is 12.3 Å². The maximum Gasteiger partial charge on any atom is 0.212 e. The van der Waals surface area contributed by atoms with E-state index in [1.807, 2.05) is 54.6 Å². The molecule has 2 aromatic rings. The van der Waals surface area contributed by atoms with Gasteiger partial charge in [-0.15, -0.1) is 11.8 Å². The molecule has 1 fully saturated rings. The summed E-state index contributed by atoms with van der Waals surface area (Å²) in [4.78, 5) is 0. The highest BCUT2D eigenvalue weighted by Gasteiger charge is 2.33. The Morgan fingerprint density at radius 3 is 2.48 bits per heavy atom. The van der Waals surface area contributed by atoms with Crippen molar-refractivity contribution in [2.24, 2.45) is 0 Å². The lowest BCUT2D eigenvalue weighted by molar-refractivity contribution is 0.306. The fourth-order valence-electron chi connectivity index (χ4n) is 2.53. The molecule has 0 aliphatic carbocycles. The third-order valence-electron chi connectivity index (χ3n) is 3.69. The molecule has 1 heterocycles. The highest BCUT2D eigenvalue weighted by atomic mass is 32.2. The van der Waals surface area contributed by atoms with Gasteiger partial charge in [0.2, 0.25) is 10.0 Å². The summed E-state index contributed by atoms with van der Waals surface area (Å²) in [7, 11) is -3.17. The Morgan fingerprint density at radius 1 is 1.13 bits per heavy atom. The first-order valence-corrected chi connectivity index (χ1v) is 10.3. The molecular formula is C17H19NO3S2. The van der Waals surface area contributed by atoms with Crippen molar-refractivity contribution in [2.45, 2.75) is 12.0 Å². The average Bonchev–Trinajstić information content (AvgIpc) is 3.04. The molecule has 0 amide bonds. The predicted molar refractivity (Wildman–Crippen MR) is 94.0 cm³/mol. The molecule has 1 aliphatic heterocycles. The summed E-state index contributed by atoms with van der Waals surface area (Å²) >= 11 is 1.65. The van der Waals surface area contributed by atoms with Gasteiger partial charge in [0.25, 0.3) is 0 Å². The maximum absolute atomic E-state index is 11.8. The van der Waals surface area contributed by atoms with Crippen molar-refractivity contribution in [3.8, 4) is 5.75 Å². The molecule has 1 saturated heterocycles. The van der Waals surface area contributed by atoms with Crippen LogP contribution >= 0.6 is 11.8 Å². The van der Waals surface area contributed by atoms with E-state index in [1.165, 1.54) is 6.26 Å². The van der Waals surface area contributed by atoms with Gasteiger partial charge in [-0.05, 0) is 23.3 Å². The molecule has 0 radical (unpaired) electrons. The zero-order valence-corrected chi connectivity index (χ0v) is 14.5. The molecule has 0 N–H and O–H groups in total. The number of rotatable bonds is 5. The van der Waals surface area contributed by atoms with Crippen molar-refractivity contribution in [3.05, 3.63) is 65.7 Å². The first-order valence-electron chi connectivity index (χ1n) is 7.39. The molecular weight excluding hydrogens is 330 g/mol. The van der Waals surface area contributed by atoms with Crippen molar-refractivity contribution in [1.29, 1.82) is 0 Å². The first-order chi connectivity index (χ1) is 11.0. The SMILES string of the molecule is CS(=O)(=O)N1CCSC1c1ccc(OCc2ccccc2)cc1. The standard InChI is InChI=1S/C17H19NO3S2/c1-23(19,20)18-11-12-22-17(18)15-7-9-16(10-8-15)21-13-14-5-3-2-4-6-14/h2-10,17H,11-13H2,1H3. The van der Waals surface area contributed by atoms with Gasteiger partial charge in [-0.3, -0.25) is 0 Å².